The number of aryl methyl sites for hydroxylation is 3. The van der Waals surface area contributed by atoms with Crippen LogP contribution >= 0.6 is 0 Å². The molecule has 1 atom stereocenters. The molecule has 190 valence electrons. The van der Waals surface area contributed by atoms with Crippen molar-refractivity contribution in [1.29, 1.82) is 0 Å². The monoisotopic (exact) mass is 499 g/mol. The summed E-state index contributed by atoms with van der Waals surface area (Å²) >= 11 is 0. The lowest BCUT2D eigenvalue weighted by atomic mass is 10.0. The van der Waals surface area contributed by atoms with Crippen LogP contribution in [-0.4, -0.2) is 17.0 Å². The summed E-state index contributed by atoms with van der Waals surface area (Å²) in [5, 5.41) is 11.8. The number of hydrogen-bond acceptors (Lipinski definition) is 3. The highest BCUT2D eigenvalue weighted by Gasteiger charge is 2.31. The molecule has 0 heterocycles. The Balaban J connectivity index is 1.71. The minimum atomic E-state index is -4.47. The third-order valence-electron chi connectivity index (χ3n) is 5.91. The predicted molar refractivity (Wildman–Crippen MR) is 130 cm³/mol. The van der Waals surface area contributed by atoms with E-state index in [1.54, 1.807) is 31.2 Å². The molecule has 0 unspecified atom stereocenters. The predicted octanol–water partition coefficient (Wildman–Crippen LogP) is 6.88. The molecule has 1 amide bonds. The molecule has 8 heteroatoms. The van der Waals surface area contributed by atoms with E-state index in [0.29, 0.717) is 17.9 Å². The number of halogens is 3. The number of amides is 1. The zero-order valence-corrected chi connectivity index (χ0v) is 20.3. The molecule has 0 aromatic heterocycles. The van der Waals surface area contributed by atoms with Gasteiger partial charge in [0.05, 0.1) is 11.6 Å². The van der Waals surface area contributed by atoms with E-state index in [-0.39, 0.29) is 17.5 Å². The van der Waals surface area contributed by atoms with Gasteiger partial charge in [-0.1, -0.05) is 25.1 Å². The Labute approximate surface area is 207 Å². The van der Waals surface area contributed by atoms with E-state index in [0.717, 1.165) is 35.2 Å². The van der Waals surface area contributed by atoms with Gasteiger partial charge in [-0.05, 0) is 91.4 Å². The molecule has 0 radical (unpaired) electrons. The van der Waals surface area contributed by atoms with E-state index in [4.69, 9.17) is 9.84 Å². The first-order chi connectivity index (χ1) is 17.0. The molecule has 2 N–H and O–H groups in total. The minimum absolute atomic E-state index is 0.0604. The fraction of sp³-hybridized carbons (Fsp3) is 0.286. The van der Waals surface area contributed by atoms with Crippen LogP contribution < -0.4 is 10.1 Å². The summed E-state index contributed by atoms with van der Waals surface area (Å²) in [7, 11) is 0. The zero-order valence-electron chi connectivity index (χ0n) is 20.3. The van der Waals surface area contributed by atoms with Crippen molar-refractivity contribution in [1.82, 2.24) is 5.32 Å². The largest absolute Gasteiger partial charge is 0.481 e. The van der Waals surface area contributed by atoms with Crippen molar-refractivity contribution in [2.24, 2.45) is 0 Å². The maximum absolute atomic E-state index is 12.9. The van der Waals surface area contributed by atoms with E-state index in [9.17, 15) is 22.8 Å². The average molecular weight is 500 g/mol. The molecular weight excluding hydrogens is 471 g/mol. The molecule has 0 fully saturated rings. The number of hydrogen-bond donors (Lipinski definition) is 2. The van der Waals surface area contributed by atoms with Crippen LogP contribution in [0.4, 0.5) is 13.2 Å². The van der Waals surface area contributed by atoms with Crippen molar-refractivity contribution < 1.29 is 32.6 Å². The molecule has 0 saturated carbocycles. The molecule has 0 aliphatic heterocycles. The van der Waals surface area contributed by atoms with Crippen molar-refractivity contribution in [2.75, 3.05) is 0 Å². The van der Waals surface area contributed by atoms with Gasteiger partial charge in [0.15, 0.2) is 0 Å². The van der Waals surface area contributed by atoms with Gasteiger partial charge in [-0.15, -0.1) is 0 Å². The molecule has 3 aromatic carbocycles. The molecule has 0 bridgehead atoms. The number of carboxylic acids is 1. The number of alkyl halides is 3. The maximum Gasteiger partial charge on any atom is 0.416 e. The van der Waals surface area contributed by atoms with Gasteiger partial charge in [-0.25, -0.2) is 0 Å². The second kappa shape index (κ2) is 11.3. The summed E-state index contributed by atoms with van der Waals surface area (Å²) in [5.41, 5.74) is 2.37. The second-order valence-electron chi connectivity index (χ2n) is 8.57. The van der Waals surface area contributed by atoms with Gasteiger partial charge in [0, 0.05) is 12.0 Å². The summed E-state index contributed by atoms with van der Waals surface area (Å²) in [6, 6.07) is 15.4. The first kappa shape index (κ1) is 26.8. The fourth-order valence-corrected chi connectivity index (χ4v) is 3.92. The molecule has 0 saturated heterocycles. The van der Waals surface area contributed by atoms with Crippen molar-refractivity contribution in [3.05, 3.63) is 94.0 Å². The van der Waals surface area contributed by atoms with Crippen LogP contribution in [0.2, 0.25) is 0 Å². The van der Waals surface area contributed by atoms with E-state index >= 15 is 0 Å². The normalized spacial score (nSPS) is 12.2. The molecule has 3 aromatic rings. The summed E-state index contributed by atoms with van der Waals surface area (Å²) < 4.78 is 44.8. The number of nitrogens with one attached hydrogen (secondary N) is 1. The topological polar surface area (TPSA) is 75.6 Å². The smallest absolute Gasteiger partial charge is 0.416 e. The van der Waals surface area contributed by atoms with Gasteiger partial charge in [0.25, 0.3) is 5.91 Å². The SMILES string of the molecule is CCc1cc(Oc2cccc([C@@H](C)NC(=O)c3ccc(C(F)(F)F)cc3C)c2)ccc1CCC(=O)O. The van der Waals surface area contributed by atoms with Gasteiger partial charge >= 0.3 is 12.1 Å². The van der Waals surface area contributed by atoms with E-state index in [2.05, 4.69) is 5.32 Å². The van der Waals surface area contributed by atoms with E-state index < -0.39 is 29.7 Å². The summed E-state index contributed by atoms with van der Waals surface area (Å²) in [6.07, 6.45) is -3.22. The Morgan fingerprint density at radius 1 is 1.00 bits per heavy atom. The van der Waals surface area contributed by atoms with Crippen molar-refractivity contribution in [3.8, 4) is 11.5 Å². The lowest BCUT2D eigenvalue weighted by molar-refractivity contribution is -0.138. The number of rotatable bonds is 9. The molecule has 36 heavy (non-hydrogen) atoms. The van der Waals surface area contributed by atoms with Gasteiger partial charge in [-0.2, -0.15) is 13.2 Å². The van der Waals surface area contributed by atoms with Gasteiger partial charge in [0.1, 0.15) is 11.5 Å². The Hall–Kier alpha value is -3.81. The molecular formula is C28H28F3NO4. The Morgan fingerprint density at radius 2 is 1.72 bits per heavy atom. The van der Waals surface area contributed by atoms with Crippen LogP contribution in [0.3, 0.4) is 0 Å². The summed E-state index contributed by atoms with van der Waals surface area (Å²) in [5.74, 6) is -0.145. The summed E-state index contributed by atoms with van der Waals surface area (Å²) in [4.78, 5) is 23.6. The standard InChI is InChI=1S/C28H28F3NO4/c1-4-19-15-24(11-8-20(19)9-13-26(33)34)36-23-7-5-6-21(16-23)18(3)32-27(35)25-12-10-22(14-17(25)2)28(29,30)31/h5-8,10-12,14-16,18H,4,9,13H2,1-3H3,(H,32,35)(H,33,34)/t18-/m1/s1. The number of benzene rings is 3. The van der Waals surface area contributed by atoms with Crippen molar-refractivity contribution in [3.63, 3.8) is 0 Å². The lowest BCUT2D eigenvalue weighted by Crippen LogP contribution is -2.27. The van der Waals surface area contributed by atoms with Crippen molar-refractivity contribution in [2.45, 2.75) is 52.3 Å². The number of carbonyl (C=O) groups excluding carboxylic acids is 1. The highest BCUT2D eigenvalue weighted by molar-refractivity contribution is 5.96. The fourth-order valence-electron chi connectivity index (χ4n) is 3.92. The molecule has 3 rings (SSSR count). The van der Waals surface area contributed by atoms with Crippen molar-refractivity contribution >= 4 is 11.9 Å². The van der Waals surface area contributed by atoms with E-state index in [1.165, 1.54) is 13.0 Å². The molecule has 0 aliphatic carbocycles. The van der Waals surface area contributed by atoms with Crippen LogP contribution in [0.1, 0.15) is 64.5 Å². The van der Waals surface area contributed by atoms with Crippen LogP contribution in [0.15, 0.2) is 60.7 Å². The van der Waals surface area contributed by atoms with Crippen LogP contribution in [0.25, 0.3) is 0 Å². The molecule has 0 aliphatic rings. The van der Waals surface area contributed by atoms with Gasteiger partial charge in [-0.3, -0.25) is 9.59 Å². The quantitative estimate of drug-likeness (QED) is 0.337. The lowest BCUT2D eigenvalue weighted by Gasteiger charge is -2.17. The highest BCUT2D eigenvalue weighted by atomic mass is 19.4. The highest BCUT2D eigenvalue weighted by Crippen LogP contribution is 2.31. The Morgan fingerprint density at radius 3 is 2.36 bits per heavy atom. The zero-order chi connectivity index (χ0) is 26.5. The number of ether oxygens (including phenoxy) is 1. The third-order valence-corrected chi connectivity index (χ3v) is 5.91. The van der Waals surface area contributed by atoms with Crippen LogP contribution in [0.5, 0.6) is 11.5 Å². The molecule has 0 spiro atoms. The Bertz CT molecular complexity index is 1250. The molecule has 5 nitrogen and oxygen atoms in total. The van der Waals surface area contributed by atoms with Gasteiger partial charge in [0.2, 0.25) is 0 Å². The first-order valence-corrected chi connectivity index (χ1v) is 11.6. The number of aliphatic carboxylic acids is 1. The summed E-state index contributed by atoms with van der Waals surface area (Å²) in [6.45, 7) is 5.25. The average Bonchev–Trinajstić information content (AvgIpc) is 2.82. The number of carbonyl (C=O) groups is 2. The second-order valence-corrected chi connectivity index (χ2v) is 8.57. The number of carboxylic acid groups (broad SMARTS) is 1. The van der Waals surface area contributed by atoms with E-state index in [1.807, 2.05) is 25.1 Å². The minimum Gasteiger partial charge on any atom is -0.481 e. The maximum atomic E-state index is 12.9. The van der Waals surface area contributed by atoms with Gasteiger partial charge < -0.3 is 15.2 Å². The third kappa shape index (κ3) is 6.87. The first-order valence-electron chi connectivity index (χ1n) is 11.6. The van der Waals surface area contributed by atoms with Crippen LogP contribution in [0, 0.1) is 6.92 Å². The van der Waals surface area contributed by atoms with Crippen LogP contribution in [-0.2, 0) is 23.8 Å². The Kier molecular flexibility index (Phi) is 8.40.